The summed E-state index contributed by atoms with van der Waals surface area (Å²) in [6.07, 6.45) is 2.84. The minimum absolute atomic E-state index is 0.181. The van der Waals surface area contributed by atoms with Gasteiger partial charge in [-0.2, -0.15) is 0 Å². The van der Waals surface area contributed by atoms with Crippen LogP contribution in [0.2, 0.25) is 0 Å². The Morgan fingerprint density at radius 1 is 0.971 bits per heavy atom. The number of rotatable bonds is 12. The molecule has 0 aliphatic carbocycles. The third kappa shape index (κ3) is 24.3. The fraction of sp³-hybridized carbons (Fsp3) is 0.833. The van der Waals surface area contributed by atoms with Gasteiger partial charge in [0.15, 0.2) is 0 Å². The number of alkyl carbamates (subject to hydrolysis) is 1. The van der Waals surface area contributed by atoms with Crippen LogP contribution in [0.3, 0.4) is 0 Å². The lowest BCUT2D eigenvalue weighted by atomic mass is 10.0. The van der Waals surface area contributed by atoms with Gasteiger partial charge in [-0.1, -0.05) is 48.0 Å². The maximum Gasteiger partial charge on any atom is 0.407 e. The normalized spacial score (nSPS) is 12.1. The van der Waals surface area contributed by atoms with Crippen molar-refractivity contribution < 1.29 is 23.9 Å². The summed E-state index contributed by atoms with van der Waals surface area (Å²) >= 11 is 0. The molecule has 0 aliphatic heterocycles. The molecule has 0 unspecified atom stereocenters. The van der Waals surface area contributed by atoms with E-state index in [1.165, 1.54) is 6.42 Å². The van der Waals surface area contributed by atoms with Gasteiger partial charge < -0.3 is 32.2 Å². The van der Waals surface area contributed by atoms with Gasteiger partial charge in [-0.3, -0.25) is 14.4 Å². The Kier molecular flexibility index (Phi) is 22.6. The molecule has 202 valence electrons. The Hall–Kier alpha value is -2.36. The number of ether oxygens (including phenoxy) is 1. The van der Waals surface area contributed by atoms with Gasteiger partial charge in [-0.05, 0) is 52.4 Å². The molecule has 0 saturated carbocycles. The first-order chi connectivity index (χ1) is 15.7. The highest BCUT2D eigenvalue weighted by Crippen LogP contribution is 2.07. The Labute approximate surface area is 206 Å². The van der Waals surface area contributed by atoms with Crippen molar-refractivity contribution >= 4 is 23.8 Å². The predicted octanol–water partition coefficient (Wildman–Crippen LogP) is 2.58. The van der Waals surface area contributed by atoms with Crippen LogP contribution in [0.4, 0.5) is 4.79 Å². The van der Waals surface area contributed by atoms with E-state index in [0.717, 1.165) is 0 Å². The molecule has 0 spiro atoms. The van der Waals surface area contributed by atoms with E-state index >= 15 is 0 Å². The molecular formula is C24H51N5O5. The number of nitrogens with two attached hydrogens (primary N) is 2. The lowest BCUT2D eigenvalue weighted by Gasteiger charge is -2.19. The van der Waals surface area contributed by atoms with Crippen LogP contribution in [-0.2, 0) is 19.1 Å². The highest BCUT2D eigenvalue weighted by molar-refractivity contribution is 5.90. The zero-order chi connectivity index (χ0) is 27.3. The van der Waals surface area contributed by atoms with Crippen LogP contribution >= 0.6 is 0 Å². The first kappa shape index (κ1) is 36.2. The molecule has 7 N–H and O–H groups in total. The van der Waals surface area contributed by atoms with Crippen LogP contribution in [0.15, 0.2) is 0 Å². The topological polar surface area (TPSA) is 166 Å². The minimum Gasteiger partial charge on any atom is -0.444 e. The first-order valence-corrected chi connectivity index (χ1v) is 12.3. The summed E-state index contributed by atoms with van der Waals surface area (Å²) in [7, 11) is 0. The second-order valence-corrected chi connectivity index (χ2v) is 9.11. The molecule has 4 amide bonds. The van der Waals surface area contributed by atoms with Gasteiger partial charge in [0, 0.05) is 6.54 Å². The lowest BCUT2D eigenvalue weighted by molar-refractivity contribution is -0.129. The van der Waals surface area contributed by atoms with Crippen molar-refractivity contribution in [3.63, 3.8) is 0 Å². The van der Waals surface area contributed by atoms with Crippen molar-refractivity contribution in [2.45, 2.75) is 112 Å². The summed E-state index contributed by atoms with van der Waals surface area (Å²) in [4.78, 5) is 46.7. The summed E-state index contributed by atoms with van der Waals surface area (Å²) in [5, 5.41) is 7.58. The fourth-order valence-electron chi connectivity index (χ4n) is 2.39. The Bertz CT molecular complexity index is 577. The maximum atomic E-state index is 12.0. The van der Waals surface area contributed by atoms with Crippen molar-refractivity contribution in [2.24, 2.45) is 17.4 Å². The molecule has 10 nitrogen and oxygen atoms in total. The van der Waals surface area contributed by atoms with Crippen LogP contribution in [-0.4, -0.2) is 54.6 Å². The van der Waals surface area contributed by atoms with Gasteiger partial charge >= 0.3 is 6.09 Å². The van der Waals surface area contributed by atoms with Gasteiger partial charge in [0.2, 0.25) is 17.7 Å². The van der Waals surface area contributed by atoms with Gasteiger partial charge in [0.25, 0.3) is 0 Å². The first-order valence-electron chi connectivity index (χ1n) is 12.3. The number of hydrogen-bond acceptors (Lipinski definition) is 6. The fourth-order valence-corrected chi connectivity index (χ4v) is 2.39. The van der Waals surface area contributed by atoms with E-state index in [1.807, 2.05) is 27.7 Å². The molecule has 0 saturated heterocycles. The van der Waals surface area contributed by atoms with Gasteiger partial charge in [-0.15, -0.1) is 0 Å². The van der Waals surface area contributed by atoms with Crippen molar-refractivity contribution in [1.29, 1.82) is 0 Å². The van der Waals surface area contributed by atoms with E-state index in [1.54, 1.807) is 20.8 Å². The average molecular weight is 490 g/mol. The van der Waals surface area contributed by atoms with E-state index < -0.39 is 41.5 Å². The number of unbranched alkanes of at least 4 members (excludes halogenated alkanes) is 1. The molecule has 0 radical (unpaired) electrons. The SMILES string of the molecule is CC.CC(C)C[C@H](NC(=O)CNC(=O)[C@@H](N)CCCCNC(=O)OC(C)(C)C)C(N)=O.CCC. The molecule has 0 heterocycles. The Morgan fingerprint density at radius 3 is 1.94 bits per heavy atom. The Morgan fingerprint density at radius 2 is 1.50 bits per heavy atom. The largest absolute Gasteiger partial charge is 0.444 e. The second-order valence-electron chi connectivity index (χ2n) is 9.11. The predicted molar refractivity (Wildman–Crippen MR) is 137 cm³/mol. The van der Waals surface area contributed by atoms with Crippen LogP contribution in [0.1, 0.15) is 94.4 Å². The Balaban J connectivity index is -0.00000177. The summed E-state index contributed by atoms with van der Waals surface area (Å²) in [5.41, 5.74) is 10.5. The average Bonchev–Trinajstić information content (AvgIpc) is 2.71. The number of amides is 4. The zero-order valence-electron chi connectivity index (χ0n) is 22.9. The van der Waals surface area contributed by atoms with Crippen molar-refractivity contribution in [1.82, 2.24) is 16.0 Å². The molecule has 0 aromatic carbocycles. The smallest absolute Gasteiger partial charge is 0.407 e. The number of carbonyl (C=O) groups excluding carboxylic acids is 4. The highest BCUT2D eigenvalue weighted by Gasteiger charge is 2.20. The van der Waals surface area contributed by atoms with Gasteiger partial charge in [-0.25, -0.2) is 4.79 Å². The van der Waals surface area contributed by atoms with Crippen molar-refractivity contribution in [3.8, 4) is 0 Å². The molecule has 10 heteroatoms. The molecule has 0 aliphatic rings. The summed E-state index contributed by atoms with van der Waals surface area (Å²) < 4.78 is 5.12. The van der Waals surface area contributed by atoms with Gasteiger partial charge in [0.05, 0.1) is 12.6 Å². The van der Waals surface area contributed by atoms with E-state index in [9.17, 15) is 19.2 Å². The molecule has 0 rings (SSSR count). The van der Waals surface area contributed by atoms with E-state index in [-0.39, 0.29) is 12.5 Å². The summed E-state index contributed by atoms with van der Waals surface area (Å²) in [6, 6.07) is -1.54. The molecular weight excluding hydrogens is 438 g/mol. The number of carbonyl (C=O) groups is 4. The quantitative estimate of drug-likeness (QED) is 0.264. The number of nitrogens with one attached hydrogen (secondary N) is 3. The summed E-state index contributed by atoms with van der Waals surface area (Å²) in [5.74, 6) is -1.40. The molecule has 0 aromatic rings. The number of hydrogen-bond donors (Lipinski definition) is 5. The third-order valence-corrected chi connectivity index (χ3v) is 3.76. The van der Waals surface area contributed by atoms with E-state index in [0.29, 0.717) is 32.2 Å². The zero-order valence-corrected chi connectivity index (χ0v) is 22.9. The molecule has 0 bridgehead atoms. The van der Waals surface area contributed by atoms with E-state index in [2.05, 4.69) is 29.8 Å². The van der Waals surface area contributed by atoms with Crippen LogP contribution in [0.5, 0.6) is 0 Å². The summed E-state index contributed by atoms with van der Waals surface area (Å²) in [6.45, 7) is 17.5. The second kappa shape index (κ2) is 21.2. The monoisotopic (exact) mass is 489 g/mol. The lowest BCUT2D eigenvalue weighted by Crippen LogP contribution is -2.50. The number of primary amides is 1. The van der Waals surface area contributed by atoms with Gasteiger partial charge in [0.1, 0.15) is 11.6 Å². The standard InChI is InChI=1S/C19H37N5O5.C3H8.C2H6/c1-12(2)10-14(16(21)26)24-15(25)11-23-17(27)13(20)8-6-7-9-22-18(28)29-19(3,4)5;1-3-2;1-2/h12-14H,6-11,20H2,1-5H3,(H2,21,26)(H,22,28)(H,23,27)(H,24,25);3H2,1-2H3;1-2H3/t13-,14-;;/m0../s1. The molecule has 2 atom stereocenters. The van der Waals surface area contributed by atoms with Crippen LogP contribution < -0.4 is 27.4 Å². The molecule has 0 fully saturated rings. The van der Waals surface area contributed by atoms with Crippen LogP contribution in [0, 0.1) is 5.92 Å². The maximum absolute atomic E-state index is 12.0. The van der Waals surface area contributed by atoms with Crippen molar-refractivity contribution in [3.05, 3.63) is 0 Å². The highest BCUT2D eigenvalue weighted by atomic mass is 16.6. The molecule has 34 heavy (non-hydrogen) atoms. The van der Waals surface area contributed by atoms with E-state index in [4.69, 9.17) is 16.2 Å². The van der Waals surface area contributed by atoms with Crippen LogP contribution in [0.25, 0.3) is 0 Å². The van der Waals surface area contributed by atoms with Crippen molar-refractivity contribution in [2.75, 3.05) is 13.1 Å². The third-order valence-electron chi connectivity index (χ3n) is 3.76. The molecule has 0 aromatic heterocycles. The minimum atomic E-state index is -0.773.